The zero-order chi connectivity index (χ0) is 14.4. The number of hydrogen-bond acceptors (Lipinski definition) is 3. The van der Waals surface area contributed by atoms with Crippen LogP contribution in [0.15, 0.2) is 47.6 Å². The Morgan fingerprint density at radius 3 is 2.65 bits per heavy atom. The second kappa shape index (κ2) is 7.41. The number of benzene rings is 1. The van der Waals surface area contributed by atoms with Crippen LogP contribution in [0.25, 0.3) is 0 Å². The first-order valence-electron chi connectivity index (χ1n) is 6.73. The first kappa shape index (κ1) is 15.0. The van der Waals surface area contributed by atoms with Crippen LogP contribution < -0.4 is 5.32 Å². The van der Waals surface area contributed by atoms with Crippen molar-refractivity contribution in [3.63, 3.8) is 0 Å². The molecule has 0 aliphatic heterocycles. The van der Waals surface area contributed by atoms with E-state index in [0.29, 0.717) is 0 Å². The summed E-state index contributed by atoms with van der Waals surface area (Å²) in [5, 5.41) is 3.49. The number of nitrogens with zero attached hydrogens (tertiary/aromatic N) is 1. The second-order valence-electron chi connectivity index (χ2n) is 4.61. The molecule has 0 aliphatic carbocycles. The molecule has 2 rings (SSSR count). The minimum Gasteiger partial charge on any atom is -0.309 e. The molecule has 2 nitrogen and oxygen atoms in total. The maximum absolute atomic E-state index is 12.9. The fourth-order valence-corrected chi connectivity index (χ4v) is 3.04. The van der Waals surface area contributed by atoms with E-state index in [1.54, 1.807) is 11.8 Å². The maximum Gasteiger partial charge on any atom is 0.123 e. The van der Waals surface area contributed by atoms with Gasteiger partial charge < -0.3 is 5.32 Å². The molecular weight excluding hydrogens is 271 g/mol. The highest BCUT2D eigenvalue weighted by Crippen LogP contribution is 2.26. The van der Waals surface area contributed by atoms with E-state index in [9.17, 15) is 4.39 Å². The number of aromatic nitrogens is 1. The molecule has 2 aromatic rings. The largest absolute Gasteiger partial charge is 0.309 e. The molecule has 0 spiro atoms. The normalized spacial score (nSPS) is 12.3. The Kier molecular flexibility index (Phi) is 5.56. The number of halogens is 1. The summed E-state index contributed by atoms with van der Waals surface area (Å²) in [6.45, 7) is 5.11. The van der Waals surface area contributed by atoms with E-state index < -0.39 is 0 Å². The van der Waals surface area contributed by atoms with Gasteiger partial charge in [-0.25, -0.2) is 4.39 Å². The molecular formula is C16H19FN2S. The lowest BCUT2D eigenvalue weighted by Crippen LogP contribution is -2.23. The van der Waals surface area contributed by atoms with E-state index in [0.717, 1.165) is 17.2 Å². The van der Waals surface area contributed by atoms with Crippen molar-refractivity contribution in [1.82, 2.24) is 10.3 Å². The number of rotatable bonds is 6. The highest BCUT2D eigenvalue weighted by molar-refractivity contribution is 7.99. The third kappa shape index (κ3) is 4.05. The fourth-order valence-electron chi connectivity index (χ4n) is 2.06. The molecule has 1 aromatic carbocycles. The number of aryl methyl sites for hydroxylation is 1. The molecule has 0 amide bonds. The van der Waals surface area contributed by atoms with Crippen LogP contribution in [0.5, 0.6) is 0 Å². The van der Waals surface area contributed by atoms with Crippen LogP contribution in [0.3, 0.4) is 0 Å². The molecule has 0 aliphatic rings. The average molecular weight is 290 g/mol. The van der Waals surface area contributed by atoms with Gasteiger partial charge in [0.05, 0.1) is 0 Å². The van der Waals surface area contributed by atoms with Crippen molar-refractivity contribution in [3.8, 4) is 0 Å². The third-order valence-electron chi connectivity index (χ3n) is 3.14. The van der Waals surface area contributed by atoms with Crippen LogP contribution in [0.1, 0.15) is 24.1 Å². The van der Waals surface area contributed by atoms with Gasteiger partial charge in [-0.15, -0.1) is 11.8 Å². The first-order valence-corrected chi connectivity index (χ1v) is 7.71. The Hall–Kier alpha value is -1.39. The van der Waals surface area contributed by atoms with Crippen molar-refractivity contribution in [2.45, 2.75) is 24.8 Å². The summed E-state index contributed by atoms with van der Waals surface area (Å²) in [5.74, 6) is 0.701. The Balaban J connectivity index is 2.06. The molecule has 106 valence electrons. The lowest BCUT2D eigenvalue weighted by molar-refractivity contribution is 0.601. The van der Waals surface area contributed by atoms with E-state index in [4.69, 9.17) is 0 Å². The summed E-state index contributed by atoms with van der Waals surface area (Å²) in [6.07, 6.45) is 3.74. The standard InChI is InChI=1S/C16H19FN2S/c1-3-19-16(15-10-18-9-8-12(15)2)11-20-14-6-4-13(17)5-7-14/h4-10,16,19H,3,11H2,1-2H3. The fraction of sp³-hybridized carbons (Fsp3) is 0.312. The van der Waals surface area contributed by atoms with E-state index in [1.807, 2.05) is 30.6 Å². The van der Waals surface area contributed by atoms with Crippen molar-refractivity contribution in [1.29, 1.82) is 0 Å². The van der Waals surface area contributed by atoms with Gasteiger partial charge in [-0.05, 0) is 54.9 Å². The van der Waals surface area contributed by atoms with Crippen molar-refractivity contribution in [2.24, 2.45) is 0 Å². The lowest BCUT2D eigenvalue weighted by atomic mass is 10.1. The summed E-state index contributed by atoms with van der Waals surface area (Å²) in [6, 6.07) is 8.92. The van der Waals surface area contributed by atoms with Crippen molar-refractivity contribution in [2.75, 3.05) is 12.3 Å². The molecule has 4 heteroatoms. The Morgan fingerprint density at radius 1 is 1.25 bits per heavy atom. The van der Waals surface area contributed by atoms with E-state index in [1.165, 1.54) is 23.3 Å². The van der Waals surface area contributed by atoms with Crippen molar-refractivity contribution < 1.29 is 4.39 Å². The molecule has 1 atom stereocenters. The summed E-state index contributed by atoms with van der Waals surface area (Å²) >= 11 is 1.72. The minimum atomic E-state index is -0.194. The molecule has 0 saturated heterocycles. The lowest BCUT2D eigenvalue weighted by Gasteiger charge is -2.19. The first-order chi connectivity index (χ1) is 9.70. The minimum absolute atomic E-state index is 0.194. The maximum atomic E-state index is 12.9. The van der Waals surface area contributed by atoms with Crippen LogP contribution in [0.4, 0.5) is 4.39 Å². The zero-order valence-electron chi connectivity index (χ0n) is 11.8. The monoisotopic (exact) mass is 290 g/mol. The number of nitrogens with one attached hydrogen (secondary N) is 1. The smallest absolute Gasteiger partial charge is 0.123 e. The number of pyridine rings is 1. The Labute approximate surface area is 123 Å². The second-order valence-corrected chi connectivity index (χ2v) is 5.70. The van der Waals surface area contributed by atoms with Gasteiger partial charge in [0.2, 0.25) is 0 Å². The third-order valence-corrected chi connectivity index (χ3v) is 4.24. The van der Waals surface area contributed by atoms with Crippen LogP contribution in [-0.2, 0) is 0 Å². The predicted octanol–water partition coefficient (Wildman–Crippen LogP) is 3.97. The molecule has 0 radical (unpaired) electrons. The molecule has 1 N–H and O–H groups in total. The molecule has 0 fully saturated rings. The van der Waals surface area contributed by atoms with Crippen LogP contribution >= 0.6 is 11.8 Å². The van der Waals surface area contributed by atoms with Gasteiger partial charge in [0.15, 0.2) is 0 Å². The topological polar surface area (TPSA) is 24.9 Å². The van der Waals surface area contributed by atoms with Crippen LogP contribution in [-0.4, -0.2) is 17.3 Å². The molecule has 1 heterocycles. The van der Waals surface area contributed by atoms with Gasteiger partial charge in [0, 0.05) is 29.1 Å². The van der Waals surface area contributed by atoms with E-state index >= 15 is 0 Å². The molecule has 0 saturated carbocycles. The van der Waals surface area contributed by atoms with E-state index in [-0.39, 0.29) is 11.9 Å². The van der Waals surface area contributed by atoms with Gasteiger partial charge in [-0.2, -0.15) is 0 Å². The Bertz CT molecular complexity index is 542. The summed E-state index contributed by atoms with van der Waals surface area (Å²) in [7, 11) is 0. The highest BCUT2D eigenvalue weighted by Gasteiger charge is 2.13. The predicted molar refractivity (Wildman–Crippen MR) is 82.5 cm³/mol. The van der Waals surface area contributed by atoms with Gasteiger partial charge in [-0.3, -0.25) is 4.98 Å². The molecule has 1 aromatic heterocycles. The molecule has 1 unspecified atom stereocenters. The molecule has 20 heavy (non-hydrogen) atoms. The SMILES string of the molecule is CCNC(CSc1ccc(F)cc1)c1cnccc1C. The van der Waals surface area contributed by atoms with Gasteiger partial charge in [-0.1, -0.05) is 6.92 Å². The summed E-state index contributed by atoms with van der Waals surface area (Å²) < 4.78 is 12.9. The van der Waals surface area contributed by atoms with Crippen molar-refractivity contribution in [3.05, 3.63) is 59.7 Å². The number of hydrogen-bond donors (Lipinski definition) is 1. The van der Waals surface area contributed by atoms with Gasteiger partial charge in [0.25, 0.3) is 0 Å². The molecule has 0 bridgehead atoms. The Morgan fingerprint density at radius 2 is 2.00 bits per heavy atom. The van der Waals surface area contributed by atoms with Crippen molar-refractivity contribution >= 4 is 11.8 Å². The summed E-state index contributed by atoms with van der Waals surface area (Å²) in [5.41, 5.74) is 2.47. The van der Waals surface area contributed by atoms with Gasteiger partial charge >= 0.3 is 0 Å². The van der Waals surface area contributed by atoms with Crippen LogP contribution in [0.2, 0.25) is 0 Å². The highest BCUT2D eigenvalue weighted by atomic mass is 32.2. The zero-order valence-corrected chi connectivity index (χ0v) is 12.6. The van der Waals surface area contributed by atoms with Crippen LogP contribution in [0, 0.1) is 12.7 Å². The quantitative estimate of drug-likeness (QED) is 0.815. The average Bonchev–Trinajstić information content (AvgIpc) is 2.46. The van der Waals surface area contributed by atoms with Gasteiger partial charge in [0.1, 0.15) is 5.82 Å². The summed E-state index contributed by atoms with van der Waals surface area (Å²) in [4.78, 5) is 5.30. The number of thioether (sulfide) groups is 1. The van der Waals surface area contributed by atoms with E-state index in [2.05, 4.69) is 24.1 Å².